The number of nitrogens with zero attached hydrogens (tertiary/aromatic N) is 3. The van der Waals surface area contributed by atoms with Gasteiger partial charge in [0, 0.05) is 12.5 Å². The largest absolute Gasteiger partial charge is 0.511 e. The Hall–Kier alpha value is -2.83. The number of hydrogen-bond donors (Lipinski definition) is 1. The zero-order valence-electron chi connectivity index (χ0n) is 16.4. The monoisotopic (exact) mass is 385 g/mol. The molecule has 1 fully saturated rings. The van der Waals surface area contributed by atoms with E-state index in [4.69, 9.17) is 9.84 Å². The number of carboxylic acid groups (broad SMARTS) is 1. The molecule has 0 aliphatic heterocycles. The summed E-state index contributed by atoms with van der Waals surface area (Å²) in [5.41, 5.74) is 0.757. The van der Waals surface area contributed by atoms with Crippen LogP contribution in [0.4, 0.5) is 10.6 Å². The van der Waals surface area contributed by atoms with Crippen molar-refractivity contribution in [3.8, 4) is 11.4 Å². The first-order valence-corrected chi connectivity index (χ1v) is 9.83. The van der Waals surface area contributed by atoms with Crippen LogP contribution in [-0.2, 0) is 4.79 Å². The normalized spacial score (nSPS) is 14.8. The van der Waals surface area contributed by atoms with Crippen molar-refractivity contribution in [3.63, 3.8) is 0 Å². The molecule has 0 atom stereocenters. The number of hydrogen-bond acceptors (Lipinski definition) is 4. The minimum atomic E-state index is -1.43. The van der Waals surface area contributed by atoms with Crippen molar-refractivity contribution in [1.29, 1.82) is 0 Å². The molecule has 2 aromatic rings. The molecule has 7 nitrogen and oxygen atoms in total. The lowest BCUT2D eigenvalue weighted by Gasteiger charge is -2.28. The van der Waals surface area contributed by atoms with Gasteiger partial charge in [-0.1, -0.05) is 37.5 Å². The molecule has 1 aliphatic carbocycles. The zero-order valence-corrected chi connectivity index (χ0v) is 16.4. The van der Waals surface area contributed by atoms with E-state index in [-0.39, 0.29) is 23.5 Å². The number of aromatic nitrogens is 2. The van der Waals surface area contributed by atoms with E-state index in [1.54, 1.807) is 4.90 Å². The Balaban J connectivity index is 1.92. The van der Waals surface area contributed by atoms with Gasteiger partial charge in [-0.15, -0.1) is 5.10 Å². The van der Waals surface area contributed by atoms with E-state index in [1.165, 1.54) is 17.3 Å². The molecule has 1 saturated carbocycles. The number of carbonyl (C=O) groups excluding carboxylic acids is 1. The van der Waals surface area contributed by atoms with Crippen molar-refractivity contribution in [1.82, 2.24) is 9.78 Å². The minimum Gasteiger partial charge on any atom is -0.449 e. The topological polar surface area (TPSA) is 84.7 Å². The van der Waals surface area contributed by atoms with E-state index < -0.39 is 6.16 Å². The van der Waals surface area contributed by atoms with Crippen molar-refractivity contribution < 1.29 is 19.4 Å². The van der Waals surface area contributed by atoms with Crippen LogP contribution in [0.5, 0.6) is 5.75 Å². The summed E-state index contributed by atoms with van der Waals surface area (Å²) < 4.78 is 6.50. The van der Waals surface area contributed by atoms with E-state index in [0.29, 0.717) is 12.3 Å². The van der Waals surface area contributed by atoms with Crippen LogP contribution in [0, 0.1) is 5.92 Å². The molecule has 1 aromatic heterocycles. The summed E-state index contributed by atoms with van der Waals surface area (Å²) in [5, 5.41) is 13.6. The number of para-hydroxylation sites is 1. The van der Waals surface area contributed by atoms with Crippen LogP contribution < -0.4 is 9.64 Å². The summed E-state index contributed by atoms with van der Waals surface area (Å²) >= 11 is 0. The first-order valence-electron chi connectivity index (χ1n) is 9.83. The fraction of sp³-hybridized carbons (Fsp3) is 0.476. The van der Waals surface area contributed by atoms with Gasteiger partial charge in [-0.05, 0) is 44.7 Å². The van der Waals surface area contributed by atoms with Gasteiger partial charge in [0.15, 0.2) is 5.75 Å². The first kappa shape index (κ1) is 19.9. The minimum absolute atomic E-state index is 0.0459. The second kappa shape index (κ2) is 8.91. The van der Waals surface area contributed by atoms with Gasteiger partial charge in [-0.2, -0.15) is 0 Å². The highest BCUT2D eigenvalue weighted by Gasteiger charge is 2.29. The van der Waals surface area contributed by atoms with Crippen molar-refractivity contribution in [2.45, 2.75) is 58.4 Å². The predicted octanol–water partition coefficient (Wildman–Crippen LogP) is 4.64. The Kier molecular flexibility index (Phi) is 6.34. The third-order valence-electron chi connectivity index (χ3n) is 5.08. The maximum absolute atomic E-state index is 13.1. The molecule has 0 spiro atoms. The van der Waals surface area contributed by atoms with Gasteiger partial charge < -0.3 is 9.84 Å². The number of ether oxygens (including phenoxy) is 1. The van der Waals surface area contributed by atoms with Crippen molar-refractivity contribution in [2.75, 3.05) is 4.90 Å². The molecule has 1 amide bonds. The fourth-order valence-corrected chi connectivity index (χ4v) is 3.78. The summed E-state index contributed by atoms with van der Waals surface area (Å²) in [5.74, 6) is 0.627. The lowest BCUT2D eigenvalue weighted by atomic mass is 9.86. The second-order valence-electron chi connectivity index (χ2n) is 7.53. The molecule has 0 unspecified atom stereocenters. The van der Waals surface area contributed by atoms with Gasteiger partial charge in [0.2, 0.25) is 11.7 Å². The molecule has 150 valence electrons. The summed E-state index contributed by atoms with van der Waals surface area (Å²) in [4.78, 5) is 25.9. The quantitative estimate of drug-likeness (QED) is 0.732. The van der Waals surface area contributed by atoms with E-state index in [0.717, 1.165) is 31.4 Å². The van der Waals surface area contributed by atoms with Crippen molar-refractivity contribution in [3.05, 3.63) is 36.5 Å². The highest BCUT2D eigenvalue weighted by atomic mass is 16.7. The van der Waals surface area contributed by atoms with Crippen LogP contribution in [0.15, 0.2) is 36.5 Å². The molecule has 1 aliphatic rings. The molecular weight excluding hydrogens is 358 g/mol. The number of benzene rings is 1. The predicted molar refractivity (Wildman–Crippen MR) is 106 cm³/mol. The van der Waals surface area contributed by atoms with Crippen molar-refractivity contribution >= 4 is 17.9 Å². The van der Waals surface area contributed by atoms with Gasteiger partial charge in [0.05, 0.1) is 11.9 Å². The maximum Gasteiger partial charge on any atom is 0.511 e. The zero-order chi connectivity index (χ0) is 20.1. The SMILES string of the molecule is CC(C)N(C(=O)CC1CCCCC1)c1nn(-c2ccccc2)cc1OC(=O)O. The highest BCUT2D eigenvalue weighted by molar-refractivity contribution is 5.94. The van der Waals surface area contributed by atoms with Crippen LogP contribution in [0.1, 0.15) is 52.4 Å². The summed E-state index contributed by atoms with van der Waals surface area (Å²) in [6, 6.07) is 9.14. The lowest BCUT2D eigenvalue weighted by Crippen LogP contribution is -2.39. The molecule has 0 saturated heterocycles. The van der Waals surface area contributed by atoms with Gasteiger partial charge in [0.25, 0.3) is 0 Å². The Bertz CT molecular complexity index is 810. The number of carbonyl (C=O) groups is 2. The van der Waals surface area contributed by atoms with Crippen LogP contribution in [-0.4, -0.2) is 33.0 Å². The standard InChI is InChI=1S/C21H27N3O4/c1-15(2)24(19(25)13-16-9-5-3-6-10-16)20-18(28-21(26)27)14-23(22-20)17-11-7-4-8-12-17/h4,7-8,11-12,14-16H,3,5-6,9-10,13H2,1-2H3,(H,26,27). The Labute approximate surface area is 164 Å². The first-order chi connectivity index (χ1) is 13.5. The van der Waals surface area contributed by atoms with E-state index in [2.05, 4.69) is 5.10 Å². The number of rotatable bonds is 6. The van der Waals surface area contributed by atoms with Gasteiger partial charge in [0.1, 0.15) is 0 Å². The summed E-state index contributed by atoms with van der Waals surface area (Å²) in [6.45, 7) is 3.79. The number of anilines is 1. The molecule has 28 heavy (non-hydrogen) atoms. The highest BCUT2D eigenvalue weighted by Crippen LogP contribution is 2.33. The van der Waals surface area contributed by atoms with Gasteiger partial charge in [-0.3, -0.25) is 9.69 Å². The third kappa shape index (κ3) is 4.71. The molecule has 3 rings (SSSR count). The molecule has 1 heterocycles. The van der Waals surface area contributed by atoms with Crippen molar-refractivity contribution in [2.24, 2.45) is 5.92 Å². The molecular formula is C21H27N3O4. The molecule has 1 N–H and O–H groups in total. The Morgan fingerprint density at radius 1 is 1.21 bits per heavy atom. The lowest BCUT2D eigenvalue weighted by molar-refractivity contribution is -0.120. The average molecular weight is 385 g/mol. The second-order valence-corrected chi connectivity index (χ2v) is 7.53. The smallest absolute Gasteiger partial charge is 0.449 e. The molecule has 0 bridgehead atoms. The molecule has 0 radical (unpaired) electrons. The van der Waals surface area contributed by atoms with E-state index in [9.17, 15) is 9.59 Å². The van der Waals surface area contributed by atoms with Crippen LogP contribution in [0.3, 0.4) is 0 Å². The van der Waals surface area contributed by atoms with Crippen LogP contribution >= 0.6 is 0 Å². The van der Waals surface area contributed by atoms with E-state index >= 15 is 0 Å². The fourth-order valence-electron chi connectivity index (χ4n) is 3.78. The van der Waals surface area contributed by atoms with Gasteiger partial charge in [-0.25, -0.2) is 9.48 Å². The van der Waals surface area contributed by atoms with Crippen LogP contribution in [0.2, 0.25) is 0 Å². The average Bonchev–Trinajstić information content (AvgIpc) is 3.05. The third-order valence-corrected chi connectivity index (χ3v) is 5.08. The van der Waals surface area contributed by atoms with Gasteiger partial charge >= 0.3 is 6.16 Å². The summed E-state index contributed by atoms with van der Waals surface area (Å²) in [6.07, 6.45) is 6.20. The maximum atomic E-state index is 13.1. The molecule has 7 heteroatoms. The molecule has 1 aromatic carbocycles. The van der Waals surface area contributed by atoms with Crippen LogP contribution in [0.25, 0.3) is 5.69 Å². The van der Waals surface area contributed by atoms with E-state index in [1.807, 2.05) is 44.2 Å². The summed E-state index contributed by atoms with van der Waals surface area (Å²) in [7, 11) is 0. The Morgan fingerprint density at radius 3 is 2.50 bits per heavy atom. The Morgan fingerprint density at radius 2 is 1.89 bits per heavy atom. The number of amides is 1.